The molecule has 1 aromatic carbocycles. The molecule has 1 aromatic heterocycles. The lowest BCUT2D eigenvalue weighted by Gasteiger charge is -2.43. The van der Waals surface area contributed by atoms with Gasteiger partial charge in [-0.25, -0.2) is 0 Å². The van der Waals surface area contributed by atoms with Gasteiger partial charge in [0.1, 0.15) is 0 Å². The number of aryl methyl sites for hydroxylation is 1. The van der Waals surface area contributed by atoms with Crippen molar-refractivity contribution in [3.8, 4) is 0 Å². The van der Waals surface area contributed by atoms with E-state index in [0.717, 1.165) is 56.4 Å². The molecule has 2 aliphatic rings. The topological polar surface area (TPSA) is 65.5 Å². The molecule has 32 heavy (non-hydrogen) atoms. The molecule has 0 radical (unpaired) electrons. The third-order valence-corrected chi connectivity index (χ3v) is 6.75. The molecule has 0 bridgehead atoms. The zero-order valence-electron chi connectivity index (χ0n) is 19.0. The molecule has 0 saturated carbocycles. The fourth-order valence-corrected chi connectivity index (χ4v) is 4.97. The highest BCUT2D eigenvalue weighted by atomic mass is 16.2. The number of hydrogen-bond acceptors (Lipinski definition) is 4. The highest BCUT2D eigenvalue weighted by Gasteiger charge is 2.39. The van der Waals surface area contributed by atoms with Crippen molar-refractivity contribution in [2.75, 3.05) is 26.2 Å². The monoisotopic (exact) mass is 434 g/mol. The summed E-state index contributed by atoms with van der Waals surface area (Å²) in [6.45, 7) is 5.65. The van der Waals surface area contributed by atoms with Crippen LogP contribution in [-0.4, -0.2) is 58.8 Å². The van der Waals surface area contributed by atoms with Crippen molar-refractivity contribution in [3.05, 3.63) is 65.5 Å². The zero-order valence-corrected chi connectivity index (χ0v) is 19.0. The summed E-state index contributed by atoms with van der Waals surface area (Å²) >= 11 is 0. The lowest BCUT2D eigenvalue weighted by atomic mass is 9.88. The predicted octanol–water partition coefficient (Wildman–Crippen LogP) is 3.41. The Kier molecular flexibility index (Phi) is 7.53. The van der Waals surface area contributed by atoms with Crippen molar-refractivity contribution in [2.45, 2.75) is 51.6 Å². The van der Waals surface area contributed by atoms with Gasteiger partial charge in [0.15, 0.2) is 0 Å². The number of aromatic nitrogens is 1. The van der Waals surface area contributed by atoms with E-state index in [-0.39, 0.29) is 23.8 Å². The first-order valence-corrected chi connectivity index (χ1v) is 11.9. The Bertz CT molecular complexity index is 917. The van der Waals surface area contributed by atoms with E-state index in [0.29, 0.717) is 19.5 Å². The smallest absolute Gasteiger partial charge is 0.253 e. The van der Waals surface area contributed by atoms with Crippen molar-refractivity contribution < 1.29 is 9.59 Å². The Morgan fingerprint density at radius 2 is 1.91 bits per heavy atom. The molecule has 170 valence electrons. The zero-order chi connectivity index (χ0) is 22.3. The number of fused-ring (bicyclic) bond motifs is 1. The van der Waals surface area contributed by atoms with Crippen LogP contribution in [0.15, 0.2) is 48.8 Å². The van der Waals surface area contributed by atoms with Gasteiger partial charge >= 0.3 is 0 Å². The molecular formula is C26H34N4O2. The summed E-state index contributed by atoms with van der Waals surface area (Å²) in [5, 5.41) is 3.17. The van der Waals surface area contributed by atoms with Crippen LogP contribution < -0.4 is 5.32 Å². The lowest BCUT2D eigenvalue weighted by Crippen LogP contribution is -2.57. The van der Waals surface area contributed by atoms with Gasteiger partial charge in [0.05, 0.1) is 5.92 Å². The first-order chi connectivity index (χ1) is 15.6. The normalized spacial score (nSPS) is 23.0. The van der Waals surface area contributed by atoms with Crippen molar-refractivity contribution in [1.29, 1.82) is 0 Å². The molecule has 0 aliphatic carbocycles. The summed E-state index contributed by atoms with van der Waals surface area (Å²) in [6.07, 6.45) is 8.77. The number of piperidine rings is 1. The second kappa shape index (κ2) is 10.7. The Morgan fingerprint density at radius 1 is 1.09 bits per heavy atom. The summed E-state index contributed by atoms with van der Waals surface area (Å²) in [4.78, 5) is 34.9. The van der Waals surface area contributed by atoms with Gasteiger partial charge in [-0.1, -0.05) is 30.5 Å². The number of nitrogens with zero attached hydrogens (tertiary/aromatic N) is 3. The minimum Gasteiger partial charge on any atom is -0.356 e. The largest absolute Gasteiger partial charge is 0.356 e. The quantitative estimate of drug-likeness (QED) is 0.804. The molecule has 4 rings (SSSR count). The third-order valence-electron chi connectivity index (χ3n) is 6.75. The van der Waals surface area contributed by atoms with Crippen LogP contribution in [-0.2, 0) is 11.3 Å². The predicted molar refractivity (Wildman–Crippen MR) is 125 cm³/mol. The van der Waals surface area contributed by atoms with Gasteiger partial charge < -0.3 is 10.2 Å². The number of carbonyl (C=O) groups is 2. The van der Waals surface area contributed by atoms with E-state index in [2.05, 4.69) is 15.2 Å². The number of hydrogen-bond donors (Lipinski definition) is 1. The van der Waals surface area contributed by atoms with Gasteiger partial charge in [-0.15, -0.1) is 0 Å². The molecule has 0 spiro atoms. The van der Waals surface area contributed by atoms with Crippen molar-refractivity contribution in [1.82, 2.24) is 20.1 Å². The minimum absolute atomic E-state index is 0.00349. The Labute approximate surface area is 191 Å². The standard InChI is InChI=1S/C26H34N4O2/c1-20-7-6-8-22(17-20)26(32)30-16-11-23-24(19-30)29(18-21-9-13-27-14-10-21)15-5-3-2-4-12-28-25(23)31/h6-10,13-14,17,23-24H,2-5,11-12,15-16,18-19H2,1H3,(H,28,31)/t23-,24-/m1/s1. The molecule has 2 atom stereocenters. The molecular weight excluding hydrogens is 400 g/mol. The Morgan fingerprint density at radius 3 is 2.72 bits per heavy atom. The number of benzene rings is 1. The number of carbonyl (C=O) groups excluding carboxylic acids is 2. The van der Waals surface area contributed by atoms with Crippen LogP contribution in [0.25, 0.3) is 0 Å². The molecule has 6 nitrogen and oxygen atoms in total. The second-order valence-corrected chi connectivity index (χ2v) is 9.11. The number of pyridine rings is 1. The second-order valence-electron chi connectivity index (χ2n) is 9.11. The van der Waals surface area contributed by atoms with Gasteiger partial charge in [0.2, 0.25) is 5.91 Å². The van der Waals surface area contributed by atoms with Gasteiger partial charge in [-0.3, -0.25) is 19.5 Å². The van der Waals surface area contributed by atoms with Crippen LogP contribution >= 0.6 is 0 Å². The average molecular weight is 435 g/mol. The SMILES string of the molecule is Cc1cccc(C(=O)N2CC[C@H]3C(=O)NCCCCCCN(Cc4ccncc4)[C@@H]3C2)c1. The summed E-state index contributed by atoms with van der Waals surface area (Å²) in [7, 11) is 0. The van der Waals surface area contributed by atoms with E-state index in [1.807, 2.05) is 60.6 Å². The van der Waals surface area contributed by atoms with Crippen LogP contribution in [0, 0.1) is 12.8 Å². The summed E-state index contributed by atoms with van der Waals surface area (Å²) in [5.41, 5.74) is 3.00. The maximum Gasteiger partial charge on any atom is 0.253 e. The van der Waals surface area contributed by atoms with Crippen LogP contribution in [0.3, 0.4) is 0 Å². The molecule has 3 heterocycles. The van der Waals surface area contributed by atoms with Crippen molar-refractivity contribution >= 4 is 11.8 Å². The van der Waals surface area contributed by atoms with Gasteiger partial charge in [-0.05, 0) is 62.6 Å². The van der Waals surface area contributed by atoms with Gasteiger partial charge in [0.25, 0.3) is 5.91 Å². The Hall–Kier alpha value is -2.73. The van der Waals surface area contributed by atoms with Gasteiger partial charge in [-0.2, -0.15) is 0 Å². The fraction of sp³-hybridized carbons (Fsp3) is 0.500. The van der Waals surface area contributed by atoms with E-state index >= 15 is 0 Å². The van der Waals surface area contributed by atoms with Crippen LogP contribution in [0.2, 0.25) is 0 Å². The summed E-state index contributed by atoms with van der Waals surface area (Å²) in [5.74, 6) is 0.0986. The highest BCUT2D eigenvalue weighted by Crippen LogP contribution is 2.27. The molecule has 2 aromatic rings. The number of rotatable bonds is 3. The fourth-order valence-electron chi connectivity index (χ4n) is 4.97. The van der Waals surface area contributed by atoms with E-state index in [4.69, 9.17) is 0 Å². The molecule has 2 fully saturated rings. The molecule has 2 aliphatic heterocycles. The number of likely N-dealkylation sites (tertiary alicyclic amines) is 1. The van der Waals surface area contributed by atoms with E-state index in [1.54, 1.807) is 0 Å². The minimum atomic E-state index is -0.100. The van der Waals surface area contributed by atoms with Crippen LogP contribution in [0.4, 0.5) is 0 Å². The first-order valence-electron chi connectivity index (χ1n) is 11.9. The van der Waals surface area contributed by atoms with Crippen molar-refractivity contribution in [2.24, 2.45) is 5.92 Å². The first kappa shape index (κ1) is 22.5. The van der Waals surface area contributed by atoms with Crippen LogP contribution in [0.5, 0.6) is 0 Å². The van der Waals surface area contributed by atoms with E-state index < -0.39 is 0 Å². The molecule has 2 saturated heterocycles. The highest BCUT2D eigenvalue weighted by molar-refractivity contribution is 5.94. The van der Waals surface area contributed by atoms with Crippen LogP contribution in [0.1, 0.15) is 53.6 Å². The third kappa shape index (κ3) is 5.54. The van der Waals surface area contributed by atoms with Crippen molar-refractivity contribution in [3.63, 3.8) is 0 Å². The van der Waals surface area contributed by atoms with Gasteiger partial charge in [0, 0.05) is 50.2 Å². The maximum atomic E-state index is 13.3. The Balaban J connectivity index is 1.59. The summed E-state index contributed by atoms with van der Waals surface area (Å²) < 4.78 is 0. The number of amides is 2. The van der Waals surface area contributed by atoms with E-state index in [9.17, 15) is 9.59 Å². The average Bonchev–Trinajstić information content (AvgIpc) is 2.85. The van der Waals surface area contributed by atoms with E-state index in [1.165, 1.54) is 5.56 Å². The number of nitrogens with one attached hydrogen (secondary N) is 1. The summed E-state index contributed by atoms with van der Waals surface area (Å²) in [6, 6.07) is 11.9. The molecule has 2 amide bonds. The maximum absolute atomic E-state index is 13.3. The molecule has 6 heteroatoms. The molecule has 0 unspecified atom stereocenters. The molecule has 1 N–H and O–H groups in total. The lowest BCUT2D eigenvalue weighted by molar-refractivity contribution is -0.129.